The standard InChI is InChI=1S/C15H15F2NO2/c16-13-5-2-6-14(17)15(13)20-8-7-19-12-4-1-3-11(9-12)10-18/h1-6,9H,7-8,10,18H2. The van der Waals surface area contributed by atoms with Crippen LogP contribution in [-0.4, -0.2) is 13.2 Å². The first-order valence-corrected chi connectivity index (χ1v) is 6.19. The van der Waals surface area contributed by atoms with Crippen LogP contribution < -0.4 is 15.2 Å². The average Bonchev–Trinajstić information content (AvgIpc) is 2.46. The summed E-state index contributed by atoms with van der Waals surface area (Å²) in [7, 11) is 0. The Bertz CT molecular complexity index is 555. The largest absolute Gasteiger partial charge is 0.490 e. The van der Waals surface area contributed by atoms with E-state index in [1.807, 2.05) is 18.2 Å². The van der Waals surface area contributed by atoms with E-state index in [1.165, 1.54) is 6.07 Å². The Kier molecular flexibility index (Phi) is 4.90. The highest BCUT2D eigenvalue weighted by molar-refractivity contribution is 5.28. The van der Waals surface area contributed by atoms with Crippen LogP contribution >= 0.6 is 0 Å². The van der Waals surface area contributed by atoms with Crippen molar-refractivity contribution in [2.24, 2.45) is 5.73 Å². The van der Waals surface area contributed by atoms with Gasteiger partial charge in [0.2, 0.25) is 0 Å². The zero-order chi connectivity index (χ0) is 14.4. The Hall–Kier alpha value is -2.14. The summed E-state index contributed by atoms with van der Waals surface area (Å²) < 4.78 is 37.0. The topological polar surface area (TPSA) is 44.5 Å². The van der Waals surface area contributed by atoms with Crippen LogP contribution in [0.1, 0.15) is 5.56 Å². The van der Waals surface area contributed by atoms with Crippen molar-refractivity contribution in [3.05, 3.63) is 59.7 Å². The Morgan fingerprint density at radius 3 is 2.25 bits per heavy atom. The maximum atomic E-state index is 13.3. The van der Waals surface area contributed by atoms with Crippen LogP contribution in [-0.2, 0) is 6.54 Å². The molecule has 0 aromatic heterocycles. The molecule has 0 aliphatic rings. The number of rotatable bonds is 6. The quantitative estimate of drug-likeness (QED) is 0.827. The van der Waals surface area contributed by atoms with E-state index < -0.39 is 11.6 Å². The van der Waals surface area contributed by atoms with Crippen molar-refractivity contribution in [1.29, 1.82) is 0 Å². The van der Waals surface area contributed by atoms with Gasteiger partial charge in [-0.15, -0.1) is 0 Å². The molecule has 0 aliphatic carbocycles. The van der Waals surface area contributed by atoms with Crippen LogP contribution in [0, 0.1) is 11.6 Å². The van der Waals surface area contributed by atoms with Gasteiger partial charge < -0.3 is 15.2 Å². The molecular formula is C15H15F2NO2. The summed E-state index contributed by atoms with van der Waals surface area (Å²) in [5.41, 5.74) is 6.47. The van der Waals surface area contributed by atoms with Gasteiger partial charge in [-0.3, -0.25) is 0 Å². The van der Waals surface area contributed by atoms with Gasteiger partial charge in [-0.1, -0.05) is 18.2 Å². The van der Waals surface area contributed by atoms with Crippen molar-refractivity contribution in [1.82, 2.24) is 0 Å². The molecule has 0 heterocycles. The van der Waals surface area contributed by atoms with Crippen molar-refractivity contribution in [2.75, 3.05) is 13.2 Å². The molecular weight excluding hydrogens is 264 g/mol. The lowest BCUT2D eigenvalue weighted by Gasteiger charge is -2.10. The van der Waals surface area contributed by atoms with Gasteiger partial charge in [0.15, 0.2) is 17.4 Å². The van der Waals surface area contributed by atoms with E-state index in [0.29, 0.717) is 12.3 Å². The molecule has 0 aliphatic heterocycles. The molecule has 0 saturated heterocycles. The molecule has 2 rings (SSSR count). The molecule has 2 N–H and O–H groups in total. The minimum Gasteiger partial charge on any atom is -0.490 e. The summed E-state index contributed by atoms with van der Waals surface area (Å²) in [6.45, 7) is 0.653. The number of halogens is 2. The predicted octanol–water partition coefficient (Wildman–Crippen LogP) is 2.88. The first-order valence-electron chi connectivity index (χ1n) is 6.19. The fourth-order valence-corrected chi connectivity index (χ4v) is 1.69. The van der Waals surface area contributed by atoms with Crippen LogP contribution in [0.4, 0.5) is 8.78 Å². The lowest BCUT2D eigenvalue weighted by molar-refractivity contribution is 0.205. The summed E-state index contributed by atoms with van der Waals surface area (Å²) in [4.78, 5) is 0. The first-order chi connectivity index (χ1) is 9.70. The Labute approximate surface area is 115 Å². The second-order valence-electron chi connectivity index (χ2n) is 4.10. The van der Waals surface area contributed by atoms with Crippen molar-refractivity contribution in [3.63, 3.8) is 0 Å². The van der Waals surface area contributed by atoms with Crippen molar-refractivity contribution < 1.29 is 18.3 Å². The van der Waals surface area contributed by atoms with Crippen molar-refractivity contribution in [3.8, 4) is 11.5 Å². The Morgan fingerprint density at radius 1 is 0.900 bits per heavy atom. The van der Waals surface area contributed by atoms with Gasteiger partial charge >= 0.3 is 0 Å². The normalized spacial score (nSPS) is 10.3. The molecule has 2 aromatic carbocycles. The minimum absolute atomic E-state index is 0.0463. The molecule has 20 heavy (non-hydrogen) atoms. The third kappa shape index (κ3) is 3.68. The number of benzene rings is 2. The molecule has 0 fully saturated rings. The van der Waals surface area contributed by atoms with E-state index >= 15 is 0 Å². The number of ether oxygens (including phenoxy) is 2. The van der Waals surface area contributed by atoms with Crippen LogP contribution in [0.25, 0.3) is 0 Å². The molecule has 0 bridgehead atoms. The van der Waals surface area contributed by atoms with Gasteiger partial charge in [0.05, 0.1) is 0 Å². The van der Waals surface area contributed by atoms with Gasteiger partial charge in [0.1, 0.15) is 19.0 Å². The molecule has 0 saturated carbocycles. The van der Waals surface area contributed by atoms with Crippen LogP contribution in [0.5, 0.6) is 11.5 Å². The van der Waals surface area contributed by atoms with E-state index in [-0.39, 0.29) is 19.0 Å². The zero-order valence-corrected chi connectivity index (χ0v) is 10.8. The SMILES string of the molecule is NCc1cccc(OCCOc2c(F)cccc2F)c1. The summed E-state index contributed by atoms with van der Waals surface area (Å²) in [5.74, 6) is -1.19. The van der Waals surface area contributed by atoms with Crippen LogP contribution in [0.3, 0.4) is 0 Å². The predicted molar refractivity (Wildman–Crippen MR) is 71.7 cm³/mol. The van der Waals surface area contributed by atoms with Crippen molar-refractivity contribution in [2.45, 2.75) is 6.54 Å². The third-order valence-corrected chi connectivity index (χ3v) is 2.65. The van der Waals surface area contributed by atoms with E-state index in [1.54, 1.807) is 6.07 Å². The summed E-state index contributed by atoms with van der Waals surface area (Å²) >= 11 is 0. The Morgan fingerprint density at radius 2 is 1.55 bits per heavy atom. The molecule has 5 heteroatoms. The lowest BCUT2D eigenvalue weighted by Crippen LogP contribution is -2.11. The molecule has 0 spiro atoms. The summed E-state index contributed by atoms with van der Waals surface area (Å²) in [6, 6.07) is 10.9. The molecule has 0 unspecified atom stereocenters. The second-order valence-corrected chi connectivity index (χ2v) is 4.10. The van der Waals surface area contributed by atoms with Gasteiger partial charge in [0, 0.05) is 6.54 Å². The van der Waals surface area contributed by atoms with Crippen LogP contribution in [0.2, 0.25) is 0 Å². The Balaban J connectivity index is 1.84. The minimum atomic E-state index is -0.727. The van der Waals surface area contributed by atoms with Gasteiger partial charge in [-0.05, 0) is 29.8 Å². The van der Waals surface area contributed by atoms with E-state index in [4.69, 9.17) is 15.2 Å². The monoisotopic (exact) mass is 279 g/mol. The highest BCUT2D eigenvalue weighted by atomic mass is 19.1. The van der Waals surface area contributed by atoms with Gasteiger partial charge in [-0.25, -0.2) is 8.78 Å². The van der Waals surface area contributed by atoms with Gasteiger partial charge in [0.25, 0.3) is 0 Å². The maximum Gasteiger partial charge on any atom is 0.190 e. The number of nitrogens with two attached hydrogens (primary N) is 1. The smallest absolute Gasteiger partial charge is 0.190 e. The van der Waals surface area contributed by atoms with Gasteiger partial charge in [-0.2, -0.15) is 0 Å². The number of hydrogen-bond donors (Lipinski definition) is 1. The molecule has 0 amide bonds. The fraction of sp³-hybridized carbons (Fsp3) is 0.200. The summed E-state index contributed by atoms with van der Waals surface area (Å²) in [5, 5.41) is 0. The first kappa shape index (κ1) is 14.3. The molecule has 0 radical (unpaired) electrons. The number of para-hydroxylation sites is 1. The second kappa shape index (κ2) is 6.86. The molecule has 106 valence electrons. The van der Waals surface area contributed by atoms with E-state index in [2.05, 4.69) is 0 Å². The summed E-state index contributed by atoms with van der Waals surface area (Å²) in [6.07, 6.45) is 0. The van der Waals surface area contributed by atoms with Crippen molar-refractivity contribution >= 4 is 0 Å². The maximum absolute atomic E-state index is 13.3. The molecule has 2 aromatic rings. The average molecular weight is 279 g/mol. The molecule has 0 atom stereocenters. The third-order valence-electron chi connectivity index (χ3n) is 2.65. The number of hydrogen-bond acceptors (Lipinski definition) is 3. The highest BCUT2D eigenvalue weighted by Crippen LogP contribution is 2.20. The molecule has 3 nitrogen and oxygen atoms in total. The highest BCUT2D eigenvalue weighted by Gasteiger charge is 2.09. The van der Waals surface area contributed by atoms with Crippen LogP contribution in [0.15, 0.2) is 42.5 Å². The van der Waals surface area contributed by atoms with E-state index in [0.717, 1.165) is 17.7 Å². The van der Waals surface area contributed by atoms with E-state index in [9.17, 15) is 8.78 Å². The fourth-order valence-electron chi connectivity index (χ4n) is 1.69. The zero-order valence-electron chi connectivity index (χ0n) is 10.8. The lowest BCUT2D eigenvalue weighted by atomic mass is 10.2.